The minimum absolute atomic E-state index is 0.0519. The smallest absolute Gasteiger partial charge is 0.337 e. The van der Waals surface area contributed by atoms with Crippen molar-refractivity contribution >= 4 is 21.9 Å². The van der Waals surface area contributed by atoms with Crippen molar-refractivity contribution in [3.05, 3.63) is 93.9 Å². The Hall–Kier alpha value is -4.09. The molecule has 34 heavy (non-hydrogen) atoms. The Morgan fingerprint density at radius 2 is 1.65 bits per heavy atom. The fourth-order valence-electron chi connectivity index (χ4n) is 3.07. The van der Waals surface area contributed by atoms with Crippen LogP contribution in [0.3, 0.4) is 0 Å². The minimum Gasteiger partial charge on any atom is -0.493 e. The number of aryl methyl sites for hydroxylation is 1. The van der Waals surface area contributed by atoms with Gasteiger partial charge < -0.3 is 14.2 Å². The number of carbonyl (C=O) groups is 1. The molecule has 0 aliphatic heterocycles. The molecule has 0 radical (unpaired) electrons. The largest absolute Gasteiger partial charge is 0.493 e. The number of sulfone groups is 1. The zero-order valence-corrected chi connectivity index (χ0v) is 19.8. The van der Waals surface area contributed by atoms with E-state index in [4.69, 9.17) is 9.47 Å². The van der Waals surface area contributed by atoms with Gasteiger partial charge in [-0.2, -0.15) is 5.26 Å². The van der Waals surface area contributed by atoms with Crippen LogP contribution in [0.4, 0.5) is 0 Å². The average molecular weight is 478 g/mol. The molecular weight excluding hydrogens is 454 g/mol. The molecule has 0 bridgehead atoms. The predicted molar refractivity (Wildman–Crippen MR) is 127 cm³/mol. The SMILES string of the molecule is COC(=O)c1ccc(COc2ccc(C=C(C#N)S(=O)(=O)c3ccc(C)cc3)cc2OC)cc1. The number of rotatable bonds is 8. The summed E-state index contributed by atoms with van der Waals surface area (Å²) >= 11 is 0. The van der Waals surface area contributed by atoms with E-state index >= 15 is 0 Å². The maximum Gasteiger partial charge on any atom is 0.337 e. The molecule has 0 aliphatic carbocycles. The van der Waals surface area contributed by atoms with Gasteiger partial charge in [-0.1, -0.05) is 35.9 Å². The number of esters is 1. The van der Waals surface area contributed by atoms with Crippen molar-refractivity contribution in [3.8, 4) is 17.6 Å². The third-order valence-corrected chi connectivity index (χ3v) is 6.67. The Morgan fingerprint density at radius 1 is 0.971 bits per heavy atom. The molecule has 0 saturated heterocycles. The third kappa shape index (κ3) is 5.63. The van der Waals surface area contributed by atoms with Crippen molar-refractivity contribution in [3.63, 3.8) is 0 Å². The van der Waals surface area contributed by atoms with Crippen molar-refractivity contribution in [1.82, 2.24) is 0 Å². The summed E-state index contributed by atoms with van der Waals surface area (Å²) in [6.45, 7) is 2.07. The summed E-state index contributed by atoms with van der Waals surface area (Å²) in [5.74, 6) is 0.403. The van der Waals surface area contributed by atoms with E-state index in [2.05, 4.69) is 4.74 Å². The normalized spacial score (nSPS) is 11.4. The molecule has 174 valence electrons. The van der Waals surface area contributed by atoms with Crippen molar-refractivity contribution in [2.75, 3.05) is 14.2 Å². The van der Waals surface area contributed by atoms with E-state index in [-0.39, 0.29) is 16.4 Å². The Labute approximate surface area is 198 Å². The fourth-order valence-corrected chi connectivity index (χ4v) is 4.23. The number of benzene rings is 3. The first kappa shape index (κ1) is 24.6. The lowest BCUT2D eigenvalue weighted by Crippen LogP contribution is -2.04. The van der Waals surface area contributed by atoms with Gasteiger partial charge in [0.2, 0.25) is 9.84 Å². The molecule has 3 rings (SSSR count). The van der Waals surface area contributed by atoms with Gasteiger partial charge in [-0.15, -0.1) is 0 Å². The number of allylic oxidation sites excluding steroid dienone is 1. The summed E-state index contributed by atoms with van der Waals surface area (Å²) in [7, 11) is -1.17. The van der Waals surface area contributed by atoms with E-state index in [0.717, 1.165) is 11.1 Å². The molecule has 0 atom stereocenters. The highest BCUT2D eigenvalue weighted by molar-refractivity contribution is 7.95. The molecule has 0 spiro atoms. The molecule has 0 amide bonds. The van der Waals surface area contributed by atoms with Crippen molar-refractivity contribution in [2.45, 2.75) is 18.4 Å². The van der Waals surface area contributed by atoms with Crippen LogP contribution in [0.5, 0.6) is 11.5 Å². The van der Waals surface area contributed by atoms with Gasteiger partial charge >= 0.3 is 5.97 Å². The standard InChI is InChI=1S/C26H23NO6S/c1-18-4-11-22(12-5-18)34(29,30)23(16-27)14-20-8-13-24(25(15-20)31-2)33-17-19-6-9-21(10-7-19)26(28)32-3/h4-15H,17H2,1-3H3. The summed E-state index contributed by atoms with van der Waals surface area (Å²) in [6, 6.07) is 19.8. The van der Waals surface area contributed by atoms with Gasteiger partial charge in [-0.3, -0.25) is 0 Å². The Balaban J connectivity index is 1.81. The van der Waals surface area contributed by atoms with E-state index in [0.29, 0.717) is 22.6 Å². The first-order chi connectivity index (χ1) is 16.3. The van der Waals surface area contributed by atoms with Gasteiger partial charge in [-0.25, -0.2) is 13.2 Å². The average Bonchev–Trinajstić information content (AvgIpc) is 2.86. The Kier molecular flexibility index (Phi) is 7.71. The maximum absolute atomic E-state index is 12.9. The number of nitrogens with zero attached hydrogens (tertiary/aromatic N) is 1. The van der Waals surface area contributed by atoms with Crippen LogP contribution in [0.2, 0.25) is 0 Å². The lowest BCUT2D eigenvalue weighted by atomic mass is 10.1. The number of ether oxygens (including phenoxy) is 3. The van der Waals surface area contributed by atoms with Crippen LogP contribution in [0, 0.1) is 18.3 Å². The van der Waals surface area contributed by atoms with Crippen LogP contribution in [-0.4, -0.2) is 28.6 Å². The van der Waals surface area contributed by atoms with Gasteiger partial charge in [0.25, 0.3) is 0 Å². The highest BCUT2D eigenvalue weighted by Crippen LogP contribution is 2.31. The van der Waals surface area contributed by atoms with Crippen LogP contribution in [0.15, 0.2) is 76.5 Å². The van der Waals surface area contributed by atoms with Crippen molar-refractivity contribution < 1.29 is 27.4 Å². The highest BCUT2D eigenvalue weighted by atomic mass is 32.2. The monoisotopic (exact) mass is 477 g/mol. The van der Waals surface area contributed by atoms with Crippen LogP contribution in [0.1, 0.15) is 27.0 Å². The number of hydrogen-bond acceptors (Lipinski definition) is 7. The third-order valence-electron chi connectivity index (χ3n) is 4.99. The fraction of sp³-hybridized carbons (Fsp3) is 0.154. The second-order valence-corrected chi connectivity index (χ2v) is 9.24. The van der Waals surface area contributed by atoms with E-state index in [1.807, 2.05) is 6.92 Å². The molecule has 0 fully saturated rings. The summed E-state index contributed by atoms with van der Waals surface area (Å²) < 4.78 is 41.6. The molecule has 0 unspecified atom stereocenters. The number of nitriles is 1. The van der Waals surface area contributed by atoms with Crippen LogP contribution in [0.25, 0.3) is 6.08 Å². The number of carbonyl (C=O) groups excluding carboxylic acids is 1. The quantitative estimate of drug-likeness (QED) is 0.342. The van der Waals surface area contributed by atoms with Gasteiger partial charge in [0.15, 0.2) is 11.5 Å². The van der Waals surface area contributed by atoms with Gasteiger partial charge in [0.1, 0.15) is 17.6 Å². The summed E-state index contributed by atoms with van der Waals surface area (Å²) in [6.07, 6.45) is 1.30. The van der Waals surface area contributed by atoms with Crippen LogP contribution < -0.4 is 9.47 Å². The minimum atomic E-state index is -3.96. The van der Waals surface area contributed by atoms with Crippen LogP contribution in [-0.2, 0) is 21.2 Å². The molecule has 0 saturated carbocycles. The summed E-state index contributed by atoms with van der Waals surface area (Å²) in [5.41, 5.74) is 2.66. The maximum atomic E-state index is 12.9. The van der Waals surface area contributed by atoms with E-state index in [9.17, 15) is 18.5 Å². The van der Waals surface area contributed by atoms with E-state index < -0.39 is 15.8 Å². The zero-order valence-electron chi connectivity index (χ0n) is 18.9. The molecule has 0 aliphatic rings. The number of methoxy groups -OCH3 is 2. The van der Waals surface area contributed by atoms with Crippen molar-refractivity contribution in [2.24, 2.45) is 0 Å². The zero-order chi connectivity index (χ0) is 24.7. The van der Waals surface area contributed by atoms with Gasteiger partial charge in [0, 0.05) is 0 Å². The predicted octanol–water partition coefficient (Wildman–Crippen LogP) is 4.71. The highest BCUT2D eigenvalue weighted by Gasteiger charge is 2.21. The molecule has 7 nitrogen and oxygen atoms in total. The van der Waals surface area contributed by atoms with E-state index in [1.165, 1.54) is 32.4 Å². The topological polar surface area (TPSA) is 103 Å². The van der Waals surface area contributed by atoms with Crippen LogP contribution >= 0.6 is 0 Å². The molecule has 3 aromatic carbocycles. The Bertz CT molecular complexity index is 1350. The van der Waals surface area contributed by atoms with Gasteiger partial charge in [-0.05, 0) is 60.5 Å². The summed E-state index contributed by atoms with van der Waals surface area (Å²) in [4.78, 5) is 11.2. The summed E-state index contributed by atoms with van der Waals surface area (Å²) in [5, 5.41) is 9.52. The second-order valence-electron chi connectivity index (χ2n) is 7.32. The second kappa shape index (κ2) is 10.7. The molecule has 0 heterocycles. The molecule has 8 heteroatoms. The molecule has 0 N–H and O–H groups in total. The first-order valence-corrected chi connectivity index (χ1v) is 11.7. The molecule has 0 aromatic heterocycles. The first-order valence-electron chi connectivity index (χ1n) is 10.2. The van der Waals surface area contributed by atoms with Gasteiger partial charge in [0.05, 0.1) is 24.7 Å². The van der Waals surface area contributed by atoms with E-state index in [1.54, 1.807) is 60.7 Å². The van der Waals surface area contributed by atoms with Crippen molar-refractivity contribution in [1.29, 1.82) is 5.26 Å². The number of hydrogen-bond donors (Lipinski definition) is 0. The lowest BCUT2D eigenvalue weighted by molar-refractivity contribution is 0.0600. The molecule has 3 aromatic rings. The lowest BCUT2D eigenvalue weighted by Gasteiger charge is -2.12. The molecular formula is C26H23NO6S. The Morgan fingerprint density at radius 3 is 2.24 bits per heavy atom.